The van der Waals surface area contributed by atoms with Gasteiger partial charge in [0.1, 0.15) is 17.1 Å². The molecule has 0 bridgehead atoms. The van der Waals surface area contributed by atoms with Gasteiger partial charge in [-0.3, -0.25) is 4.79 Å². The molecule has 1 aliphatic carbocycles. The van der Waals surface area contributed by atoms with Gasteiger partial charge in [-0.2, -0.15) is 0 Å². The lowest BCUT2D eigenvalue weighted by molar-refractivity contribution is 0.0260. The molecule has 1 aromatic carbocycles. The van der Waals surface area contributed by atoms with E-state index in [0.29, 0.717) is 49.6 Å². The molecule has 7 nitrogen and oxygen atoms in total. The summed E-state index contributed by atoms with van der Waals surface area (Å²) in [5.74, 6) is 0.325. The number of piperidine rings is 1. The number of fused-ring (bicyclic) bond motifs is 1. The van der Waals surface area contributed by atoms with Crippen molar-refractivity contribution in [3.8, 4) is 0 Å². The van der Waals surface area contributed by atoms with Crippen LogP contribution in [-0.4, -0.2) is 56.6 Å². The highest BCUT2D eigenvalue weighted by atomic mass is 35.5. The first-order valence-electron chi connectivity index (χ1n) is 10.7. The number of nitrogens with zero attached hydrogens (tertiary/aromatic N) is 4. The van der Waals surface area contributed by atoms with Crippen LogP contribution in [0.25, 0.3) is 0 Å². The van der Waals surface area contributed by atoms with Crippen LogP contribution in [0.15, 0.2) is 30.7 Å². The highest BCUT2D eigenvalue weighted by Crippen LogP contribution is 2.52. The Hall–Kier alpha value is -2.61. The van der Waals surface area contributed by atoms with Crippen LogP contribution in [0.4, 0.5) is 9.18 Å². The lowest BCUT2D eigenvalue weighted by atomic mass is 10.1. The molecule has 0 N–H and O–H groups in total. The third-order valence-corrected chi connectivity index (χ3v) is 6.31. The summed E-state index contributed by atoms with van der Waals surface area (Å²) in [6.45, 7) is 7.69. The van der Waals surface area contributed by atoms with Crippen molar-refractivity contribution >= 4 is 23.6 Å². The number of imidazole rings is 1. The summed E-state index contributed by atoms with van der Waals surface area (Å²) in [5.41, 5.74) is 0.592. The molecule has 1 saturated heterocycles. The molecular formula is C23H28ClFN4O3. The maximum Gasteiger partial charge on any atom is 0.410 e. The molecule has 2 atom stereocenters. The van der Waals surface area contributed by atoms with E-state index in [4.69, 9.17) is 16.3 Å². The highest BCUT2D eigenvalue weighted by Gasteiger charge is 2.57. The van der Waals surface area contributed by atoms with Gasteiger partial charge < -0.3 is 19.1 Å². The number of carbonyl (C=O) groups excluding carboxylic acids is 2. The molecule has 4 rings (SSSR count). The van der Waals surface area contributed by atoms with Gasteiger partial charge in [0.2, 0.25) is 0 Å². The number of benzene rings is 1. The number of hydrogen-bond donors (Lipinski definition) is 0. The molecule has 172 valence electrons. The number of rotatable bonds is 5. The number of ether oxygens (including phenoxy) is 1. The summed E-state index contributed by atoms with van der Waals surface area (Å²) in [6.07, 6.45) is 2.99. The van der Waals surface area contributed by atoms with Crippen molar-refractivity contribution in [2.75, 3.05) is 19.6 Å². The first-order valence-corrected chi connectivity index (χ1v) is 11.1. The van der Waals surface area contributed by atoms with Crippen LogP contribution in [-0.2, 0) is 18.3 Å². The largest absolute Gasteiger partial charge is 0.444 e. The summed E-state index contributed by atoms with van der Waals surface area (Å²) in [4.78, 5) is 33.2. The van der Waals surface area contributed by atoms with Gasteiger partial charge in [0.15, 0.2) is 0 Å². The third-order valence-electron chi connectivity index (χ3n) is 6.02. The minimum atomic E-state index is -0.522. The van der Waals surface area contributed by atoms with E-state index >= 15 is 0 Å². The fourth-order valence-electron chi connectivity index (χ4n) is 4.41. The zero-order chi connectivity index (χ0) is 23.2. The zero-order valence-electron chi connectivity index (χ0n) is 18.7. The average Bonchev–Trinajstić information content (AvgIpc) is 3.06. The molecule has 9 heteroatoms. The monoisotopic (exact) mass is 462 g/mol. The van der Waals surface area contributed by atoms with Gasteiger partial charge in [0.05, 0.1) is 11.3 Å². The molecule has 2 aromatic rings. The van der Waals surface area contributed by atoms with Crippen molar-refractivity contribution in [1.82, 2.24) is 19.4 Å². The van der Waals surface area contributed by atoms with Crippen LogP contribution < -0.4 is 0 Å². The molecule has 2 aliphatic rings. The van der Waals surface area contributed by atoms with Crippen molar-refractivity contribution in [3.05, 3.63) is 52.8 Å². The number of halogens is 2. The molecule has 0 radical (unpaired) electrons. The molecule has 32 heavy (non-hydrogen) atoms. The molecule has 1 aromatic heterocycles. The Balaban J connectivity index is 1.43. The van der Waals surface area contributed by atoms with E-state index in [1.165, 1.54) is 6.07 Å². The highest BCUT2D eigenvalue weighted by molar-refractivity contribution is 6.30. The summed E-state index contributed by atoms with van der Waals surface area (Å²) < 4.78 is 20.8. The summed E-state index contributed by atoms with van der Waals surface area (Å²) in [5, 5.41) is 0.0315. The minimum Gasteiger partial charge on any atom is -0.444 e. The molecule has 2 fully saturated rings. The van der Waals surface area contributed by atoms with Gasteiger partial charge in [-0.15, -0.1) is 0 Å². The molecule has 1 aliphatic heterocycles. The van der Waals surface area contributed by atoms with Gasteiger partial charge >= 0.3 is 6.09 Å². The number of likely N-dealkylation sites (tertiary alicyclic amines) is 1. The Morgan fingerprint density at radius 2 is 1.97 bits per heavy atom. The van der Waals surface area contributed by atoms with Gasteiger partial charge in [0, 0.05) is 39.4 Å². The quantitative estimate of drug-likeness (QED) is 0.674. The van der Waals surface area contributed by atoms with Crippen LogP contribution in [0.5, 0.6) is 0 Å². The van der Waals surface area contributed by atoms with Crippen molar-refractivity contribution in [1.29, 1.82) is 0 Å². The second-order valence-electron chi connectivity index (χ2n) is 9.74. The molecule has 2 heterocycles. The lowest BCUT2D eigenvalue weighted by Gasteiger charge is -2.27. The van der Waals surface area contributed by atoms with Crippen molar-refractivity contribution in [3.63, 3.8) is 0 Å². The Morgan fingerprint density at radius 1 is 1.28 bits per heavy atom. The number of aromatic nitrogens is 2. The standard InChI is InChI=1S/C23H28ClFN4O3/c1-23(2,3)32-22(31)29-10-16-15(17(16)11-29)9-28(21(30)20-12-27(4)13-26-20)8-14-5-6-19(25)18(24)7-14/h5-7,12-13,15-17H,8-11H2,1-4H3. The van der Waals surface area contributed by atoms with E-state index in [1.54, 1.807) is 39.0 Å². The van der Waals surface area contributed by atoms with Crippen LogP contribution in [0.1, 0.15) is 36.8 Å². The van der Waals surface area contributed by atoms with Crippen LogP contribution in [0.3, 0.4) is 0 Å². The van der Waals surface area contributed by atoms with Crippen molar-refractivity contribution in [2.45, 2.75) is 32.9 Å². The van der Waals surface area contributed by atoms with E-state index in [9.17, 15) is 14.0 Å². The Bertz CT molecular complexity index is 1020. The van der Waals surface area contributed by atoms with Gasteiger partial charge in [-0.05, 0) is 56.2 Å². The zero-order valence-corrected chi connectivity index (χ0v) is 19.5. The Kier molecular flexibility index (Phi) is 5.92. The predicted molar refractivity (Wildman–Crippen MR) is 118 cm³/mol. The predicted octanol–water partition coefficient (Wildman–Crippen LogP) is 3.97. The summed E-state index contributed by atoms with van der Waals surface area (Å²) in [7, 11) is 1.81. The van der Waals surface area contributed by atoms with Crippen LogP contribution in [0.2, 0.25) is 5.02 Å². The van der Waals surface area contributed by atoms with Crippen molar-refractivity contribution in [2.24, 2.45) is 24.8 Å². The third kappa shape index (κ3) is 4.90. The lowest BCUT2D eigenvalue weighted by Crippen LogP contribution is -2.39. The normalized spacial score (nSPS) is 21.9. The molecule has 1 saturated carbocycles. The molecule has 2 unspecified atom stereocenters. The fraction of sp³-hybridized carbons (Fsp3) is 0.522. The second kappa shape index (κ2) is 8.39. The number of carbonyl (C=O) groups is 2. The molecule has 0 spiro atoms. The first kappa shape index (κ1) is 22.6. The van der Waals surface area contributed by atoms with Gasteiger partial charge in [-0.1, -0.05) is 17.7 Å². The number of amides is 2. The maximum atomic E-state index is 13.6. The summed E-state index contributed by atoms with van der Waals surface area (Å²) in [6, 6.07) is 4.50. The average molecular weight is 463 g/mol. The van der Waals surface area contributed by atoms with E-state index < -0.39 is 11.4 Å². The minimum absolute atomic E-state index is 0.0315. The number of aryl methyl sites for hydroxylation is 1. The number of hydrogen-bond acceptors (Lipinski definition) is 4. The van der Waals surface area contributed by atoms with Gasteiger partial charge in [0.25, 0.3) is 5.91 Å². The Labute approximate surface area is 192 Å². The van der Waals surface area contributed by atoms with Crippen LogP contribution in [0, 0.1) is 23.6 Å². The van der Waals surface area contributed by atoms with E-state index in [2.05, 4.69) is 4.98 Å². The van der Waals surface area contributed by atoms with Crippen LogP contribution >= 0.6 is 11.6 Å². The topological polar surface area (TPSA) is 67.7 Å². The second-order valence-corrected chi connectivity index (χ2v) is 10.1. The van der Waals surface area contributed by atoms with E-state index in [-0.39, 0.29) is 17.0 Å². The Morgan fingerprint density at radius 3 is 2.53 bits per heavy atom. The van der Waals surface area contributed by atoms with E-state index in [1.807, 2.05) is 27.8 Å². The molecular weight excluding hydrogens is 435 g/mol. The maximum absolute atomic E-state index is 13.6. The SMILES string of the molecule is Cn1cnc(C(=O)N(Cc2ccc(F)c(Cl)c2)CC2C3CN(C(=O)OC(C)(C)C)CC32)c1. The smallest absolute Gasteiger partial charge is 0.410 e. The molecule has 2 amide bonds. The van der Waals surface area contributed by atoms with Gasteiger partial charge in [-0.25, -0.2) is 14.2 Å². The fourth-order valence-corrected chi connectivity index (χ4v) is 4.62. The van der Waals surface area contributed by atoms with Crippen molar-refractivity contribution < 1.29 is 18.7 Å². The first-order chi connectivity index (χ1) is 15.0. The van der Waals surface area contributed by atoms with E-state index in [0.717, 1.165) is 5.56 Å². The summed E-state index contributed by atoms with van der Waals surface area (Å²) >= 11 is 5.94.